The first-order chi connectivity index (χ1) is 0. The van der Waals surface area contributed by atoms with Crippen molar-refractivity contribution in [3.63, 3.8) is 0 Å². The second-order valence-electron chi connectivity index (χ2n) is 0. The van der Waals surface area contributed by atoms with Gasteiger partial charge in [-0.15, -0.1) is 0 Å². The van der Waals surface area contributed by atoms with E-state index in [1.807, 2.05) is 0 Å². The zero-order chi connectivity index (χ0) is 0. The van der Waals surface area contributed by atoms with Crippen LogP contribution in [0.3, 0.4) is 0 Å². The number of hydrogen-bond donors (Lipinski definition) is 0. The van der Waals surface area contributed by atoms with Gasteiger partial charge in [0.05, 0.1) is 0 Å². The van der Waals surface area contributed by atoms with Gasteiger partial charge >= 0.3 is 394 Å². The van der Waals surface area contributed by atoms with Gasteiger partial charge in [0, 0.05) is 0 Å². The molecule has 0 atom stereocenters. The van der Waals surface area contributed by atoms with E-state index < -0.39 is 0 Å². The zero-order valence-corrected chi connectivity index (χ0v) is 0. The zero-order valence-electron chi connectivity index (χ0n) is 0. The van der Waals surface area contributed by atoms with Crippen molar-refractivity contribution in [3.05, 3.63) is 0 Å². The molecule has 0 aliphatic carbocycles. The molecule has 16 valence electrons. The molecular formula is H8Cs4Na4. The average molecular weight is 632 g/mol. The summed E-state index contributed by atoms with van der Waals surface area (Å²) in [7, 11) is 0. The van der Waals surface area contributed by atoms with Crippen LogP contribution in [0.1, 0.15) is 0 Å². The molecule has 0 saturated heterocycles. The number of hydrogen-bond acceptors (Lipinski definition) is 0. The van der Waals surface area contributed by atoms with Crippen LogP contribution in [0.25, 0.3) is 0 Å². The SMILES string of the molecule is [CsH].[CsH].[CsH].[CsH].[NaH].[NaH].[NaH].[NaH]. The van der Waals surface area contributed by atoms with Gasteiger partial charge in [0.2, 0.25) is 0 Å². The van der Waals surface area contributed by atoms with Gasteiger partial charge in [-0.2, -0.15) is 0 Å². The molecule has 0 aromatic rings. The van der Waals surface area contributed by atoms with Gasteiger partial charge in [0.15, 0.2) is 0 Å². The van der Waals surface area contributed by atoms with Crippen molar-refractivity contribution in [1.82, 2.24) is 0 Å². The van der Waals surface area contributed by atoms with E-state index in [1.54, 1.807) is 0 Å². The predicted molar refractivity (Wildman–Crippen MR) is 57.2 cm³/mol. The van der Waals surface area contributed by atoms with E-state index in [0.29, 0.717) is 0 Å². The normalized spacial score (nSPS) is 0. The molecule has 0 radical (unpaired) electrons. The summed E-state index contributed by atoms with van der Waals surface area (Å²) in [4.78, 5) is 0. The van der Waals surface area contributed by atoms with E-state index in [9.17, 15) is 0 Å². The molecule has 0 nitrogen and oxygen atoms in total. The second kappa shape index (κ2) is 42.7. The first kappa shape index (κ1) is 50.0. The van der Waals surface area contributed by atoms with Crippen LogP contribution in [0.5, 0.6) is 0 Å². The summed E-state index contributed by atoms with van der Waals surface area (Å²) in [5, 5.41) is 0. The fraction of sp³-hybridized carbons (Fsp3) is 0. The van der Waals surface area contributed by atoms with Crippen LogP contribution in [0.2, 0.25) is 0 Å². The Morgan fingerprint density at radius 3 is 0.250 bits per heavy atom. The first-order valence-corrected chi connectivity index (χ1v) is 0. The fourth-order valence-electron chi connectivity index (χ4n) is 0. The van der Waals surface area contributed by atoms with Gasteiger partial charge in [0.25, 0.3) is 0 Å². The molecule has 0 heterocycles. The standard InChI is InChI=1S/4Cs.4Na.8H. The maximum absolute atomic E-state index is 0. The molecule has 0 fully saturated rings. The van der Waals surface area contributed by atoms with Crippen LogP contribution in [-0.2, 0) is 0 Å². The van der Waals surface area contributed by atoms with Gasteiger partial charge in [-0.1, -0.05) is 0 Å². The molecule has 0 amide bonds. The average Bonchev–Trinajstić information content (AvgIpc) is 0. The first-order valence-electron chi connectivity index (χ1n) is 0. The molecule has 0 aliphatic heterocycles. The van der Waals surface area contributed by atoms with Crippen LogP contribution in [0, 0.1) is 0 Å². The Morgan fingerprint density at radius 1 is 0.250 bits per heavy atom. The van der Waals surface area contributed by atoms with Gasteiger partial charge < -0.3 is 0 Å². The molecule has 0 saturated carbocycles. The van der Waals surface area contributed by atoms with Crippen molar-refractivity contribution in [2.45, 2.75) is 0 Å². The molecule has 0 N–H and O–H groups in total. The summed E-state index contributed by atoms with van der Waals surface area (Å²) < 4.78 is 0. The topological polar surface area (TPSA) is 0 Å². The quantitative estimate of drug-likeness (QED) is 0.235. The predicted octanol–water partition coefficient (Wildman–Crippen LogP) is -5.19. The molecule has 8 heteroatoms. The summed E-state index contributed by atoms with van der Waals surface area (Å²) in [6.07, 6.45) is 0. The Hall–Kier alpha value is 12.2. The maximum atomic E-state index is 0. The van der Waals surface area contributed by atoms with Crippen LogP contribution < -0.4 is 0 Å². The van der Waals surface area contributed by atoms with E-state index in [-0.39, 0.29) is 394 Å². The van der Waals surface area contributed by atoms with Gasteiger partial charge in [-0.25, -0.2) is 0 Å². The summed E-state index contributed by atoms with van der Waals surface area (Å²) >= 11 is 0. The second-order valence-corrected chi connectivity index (χ2v) is 0. The van der Waals surface area contributed by atoms with Crippen LogP contribution in [0.15, 0.2) is 0 Å². The third kappa shape index (κ3) is 36.2. The fourth-order valence-corrected chi connectivity index (χ4v) is 0. The van der Waals surface area contributed by atoms with Gasteiger partial charge in [0.1, 0.15) is 0 Å². The molecule has 0 bridgehead atoms. The minimum atomic E-state index is 0. The third-order valence-electron chi connectivity index (χ3n) is 0. The Labute approximate surface area is 376 Å². The summed E-state index contributed by atoms with van der Waals surface area (Å²) in [5.41, 5.74) is 0. The Kier molecular flexibility index (Phi) is 267. The molecular weight excluding hydrogens is 624 g/mol. The summed E-state index contributed by atoms with van der Waals surface area (Å²) in [6.45, 7) is 0. The van der Waals surface area contributed by atoms with E-state index in [4.69, 9.17) is 0 Å². The summed E-state index contributed by atoms with van der Waals surface area (Å²) in [5.74, 6) is 0. The monoisotopic (exact) mass is 632 g/mol. The number of rotatable bonds is 0. The minimum absolute atomic E-state index is 0. The third-order valence-corrected chi connectivity index (χ3v) is 0. The Bertz CT molecular complexity index is 8.00. The van der Waals surface area contributed by atoms with Gasteiger partial charge in [-0.05, 0) is 0 Å². The van der Waals surface area contributed by atoms with Gasteiger partial charge in [-0.3, -0.25) is 0 Å². The van der Waals surface area contributed by atoms with Crippen LogP contribution in [0.4, 0.5) is 0 Å². The Balaban J connectivity index is 0. The molecule has 0 aromatic heterocycles. The Morgan fingerprint density at radius 2 is 0.250 bits per heavy atom. The molecule has 8 heavy (non-hydrogen) atoms. The van der Waals surface area contributed by atoms with Crippen molar-refractivity contribution in [1.29, 1.82) is 0 Å². The molecule has 0 unspecified atom stereocenters. The van der Waals surface area contributed by atoms with E-state index >= 15 is 0 Å². The van der Waals surface area contributed by atoms with Crippen molar-refractivity contribution < 1.29 is 0 Å². The van der Waals surface area contributed by atoms with E-state index in [2.05, 4.69) is 0 Å². The van der Waals surface area contributed by atoms with Crippen molar-refractivity contribution in [2.24, 2.45) is 0 Å². The molecule has 0 aromatic carbocycles. The summed E-state index contributed by atoms with van der Waals surface area (Å²) in [6, 6.07) is 0. The van der Waals surface area contributed by atoms with Crippen LogP contribution >= 0.6 is 0 Å². The molecule has 0 aliphatic rings. The van der Waals surface area contributed by atoms with Crippen LogP contribution in [-0.4, -0.2) is 394 Å². The van der Waals surface area contributed by atoms with E-state index in [1.165, 1.54) is 0 Å². The molecule has 0 rings (SSSR count). The van der Waals surface area contributed by atoms with Crippen molar-refractivity contribution >= 4 is 394 Å². The van der Waals surface area contributed by atoms with E-state index in [0.717, 1.165) is 0 Å². The van der Waals surface area contributed by atoms with Crippen molar-refractivity contribution in [2.75, 3.05) is 0 Å². The van der Waals surface area contributed by atoms with Crippen molar-refractivity contribution in [3.8, 4) is 0 Å². The molecule has 0 spiro atoms.